The van der Waals surface area contributed by atoms with Crippen LogP contribution in [0.1, 0.15) is 23.2 Å². The number of benzene rings is 1. The van der Waals surface area contributed by atoms with Crippen LogP contribution in [0, 0.1) is 0 Å². The number of rotatable bonds is 3. The van der Waals surface area contributed by atoms with Crippen LogP contribution in [0.3, 0.4) is 0 Å². The summed E-state index contributed by atoms with van der Waals surface area (Å²) in [6.45, 7) is 1.65. The van der Waals surface area contributed by atoms with Crippen molar-refractivity contribution in [3.63, 3.8) is 0 Å². The van der Waals surface area contributed by atoms with Crippen LogP contribution in [0.2, 0.25) is 5.02 Å². The Morgan fingerprint density at radius 2 is 2.00 bits per heavy atom. The number of piperidine rings is 1. The third kappa shape index (κ3) is 3.60. The fourth-order valence-corrected chi connectivity index (χ4v) is 3.31. The molecule has 6 nitrogen and oxygen atoms in total. The highest BCUT2D eigenvalue weighted by Crippen LogP contribution is 2.22. The van der Waals surface area contributed by atoms with Gasteiger partial charge in [-0.1, -0.05) is 11.6 Å². The summed E-state index contributed by atoms with van der Waals surface area (Å²) in [6, 6.07) is 9.22. The Hall–Kier alpha value is -2.73. The van der Waals surface area contributed by atoms with E-state index in [0.717, 1.165) is 42.8 Å². The van der Waals surface area contributed by atoms with E-state index in [4.69, 9.17) is 11.6 Å². The van der Waals surface area contributed by atoms with Crippen molar-refractivity contribution in [3.8, 4) is 0 Å². The molecular formula is C19H18ClN5O. The van der Waals surface area contributed by atoms with E-state index in [2.05, 4.69) is 25.2 Å². The van der Waals surface area contributed by atoms with Crippen LogP contribution < -0.4 is 10.2 Å². The van der Waals surface area contributed by atoms with Gasteiger partial charge in [0.15, 0.2) is 0 Å². The number of hydrogen-bond donors (Lipinski definition) is 1. The number of amides is 1. The van der Waals surface area contributed by atoms with Crippen LogP contribution in [0.15, 0.2) is 48.9 Å². The van der Waals surface area contributed by atoms with Crippen molar-refractivity contribution in [1.82, 2.24) is 20.3 Å². The zero-order valence-corrected chi connectivity index (χ0v) is 14.9. The van der Waals surface area contributed by atoms with Gasteiger partial charge in [0.05, 0.1) is 22.8 Å². The minimum atomic E-state index is -0.0704. The zero-order valence-electron chi connectivity index (χ0n) is 14.1. The minimum absolute atomic E-state index is 0.0704. The maximum absolute atomic E-state index is 12.2. The minimum Gasteiger partial charge on any atom is -0.355 e. The predicted molar refractivity (Wildman–Crippen MR) is 101 cm³/mol. The van der Waals surface area contributed by atoms with Crippen LogP contribution in [-0.2, 0) is 0 Å². The van der Waals surface area contributed by atoms with Crippen molar-refractivity contribution in [2.45, 2.75) is 18.9 Å². The topological polar surface area (TPSA) is 71.0 Å². The van der Waals surface area contributed by atoms with Crippen molar-refractivity contribution >= 4 is 34.4 Å². The summed E-state index contributed by atoms with van der Waals surface area (Å²) < 4.78 is 0. The van der Waals surface area contributed by atoms with E-state index in [1.807, 2.05) is 18.2 Å². The number of fused-ring (bicyclic) bond motifs is 1. The maximum Gasteiger partial charge on any atom is 0.253 e. The fourth-order valence-electron chi connectivity index (χ4n) is 3.15. The van der Waals surface area contributed by atoms with Crippen molar-refractivity contribution in [1.29, 1.82) is 0 Å². The molecule has 0 radical (unpaired) electrons. The van der Waals surface area contributed by atoms with Gasteiger partial charge in [0.1, 0.15) is 5.82 Å². The van der Waals surface area contributed by atoms with Crippen molar-refractivity contribution in [3.05, 3.63) is 59.5 Å². The monoisotopic (exact) mass is 367 g/mol. The number of aromatic nitrogens is 3. The summed E-state index contributed by atoms with van der Waals surface area (Å²) in [4.78, 5) is 27.6. The SMILES string of the molecule is O=C(NC1CCN(c2cnc3cc(Cl)ccc3n2)CC1)c1cccnc1. The number of nitrogens with zero attached hydrogens (tertiary/aromatic N) is 4. The molecule has 3 heterocycles. The van der Waals surface area contributed by atoms with E-state index in [1.54, 1.807) is 30.7 Å². The molecule has 0 atom stereocenters. The van der Waals surface area contributed by atoms with Gasteiger partial charge in [-0.05, 0) is 43.2 Å². The lowest BCUT2D eigenvalue weighted by Gasteiger charge is -2.33. The Bertz CT molecular complexity index is 926. The lowest BCUT2D eigenvalue weighted by molar-refractivity contribution is 0.0930. The van der Waals surface area contributed by atoms with Gasteiger partial charge in [-0.3, -0.25) is 14.8 Å². The molecule has 2 aromatic heterocycles. The van der Waals surface area contributed by atoms with Crippen LogP contribution in [-0.4, -0.2) is 40.0 Å². The molecule has 1 saturated heterocycles. The van der Waals surface area contributed by atoms with E-state index in [1.165, 1.54) is 0 Å². The number of pyridine rings is 1. The highest BCUT2D eigenvalue weighted by Gasteiger charge is 2.22. The van der Waals surface area contributed by atoms with E-state index < -0.39 is 0 Å². The molecule has 1 amide bonds. The number of anilines is 1. The third-order valence-electron chi connectivity index (χ3n) is 4.57. The molecule has 1 fully saturated rings. The summed E-state index contributed by atoms with van der Waals surface area (Å²) in [5.41, 5.74) is 2.22. The van der Waals surface area contributed by atoms with Crippen LogP contribution in [0.5, 0.6) is 0 Å². The van der Waals surface area contributed by atoms with E-state index >= 15 is 0 Å². The summed E-state index contributed by atoms with van der Waals surface area (Å²) >= 11 is 5.99. The number of hydrogen-bond acceptors (Lipinski definition) is 5. The summed E-state index contributed by atoms with van der Waals surface area (Å²) in [5.74, 6) is 0.788. The fraction of sp³-hybridized carbons (Fsp3) is 0.263. The van der Waals surface area contributed by atoms with Gasteiger partial charge in [-0.15, -0.1) is 0 Å². The highest BCUT2D eigenvalue weighted by molar-refractivity contribution is 6.31. The first kappa shape index (κ1) is 16.7. The molecule has 132 valence electrons. The Balaban J connectivity index is 1.39. The molecule has 0 spiro atoms. The Kier molecular flexibility index (Phi) is 4.67. The Morgan fingerprint density at radius 3 is 2.77 bits per heavy atom. The van der Waals surface area contributed by atoms with Gasteiger partial charge in [-0.2, -0.15) is 0 Å². The first-order valence-corrected chi connectivity index (χ1v) is 8.95. The molecule has 0 bridgehead atoms. The molecule has 0 unspecified atom stereocenters. The average molecular weight is 368 g/mol. The van der Waals surface area contributed by atoms with Crippen molar-refractivity contribution in [2.75, 3.05) is 18.0 Å². The van der Waals surface area contributed by atoms with Gasteiger partial charge < -0.3 is 10.2 Å². The molecule has 7 heteroatoms. The lowest BCUT2D eigenvalue weighted by Crippen LogP contribution is -2.45. The lowest BCUT2D eigenvalue weighted by atomic mass is 10.0. The van der Waals surface area contributed by atoms with E-state index in [9.17, 15) is 4.79 Å². The van der Waals surface area contributed by atoms with Gasteiger partial charge in [-0.25, -0.2) is 4.98 Å². The van der Waals surface area contributed by atoms with Crippen LogP contribution >= 0.6 is 11.6 Å². The summed E-state index contributed by atoms with van der Waals surface area (Å²) in [5, 5.41) is 3.74. The van der Waals surface area contributed by atoms with Crippen LogP contribution in [0.4, 0.5) is 5.82 Å². The highest BCUT2D eigenvalue weighted by atomic mass is 35.5. The number of carbonyl (C=O) groups excluding carboxylic acids is 1. The standard InChI is InChI=1S/C19H18ClN5O/c20-14-3-4-16-17(10-14)22-12-18(24-16)25-8-5-15(6-9-25)23-19(26)13-2-1-7-21-11-13/h1-4,7,10-12,15H,5-6,8-9H2,(H,23,26). The second kappa shape index (κ2) is 7.25. The summed E-state index contributed by atoms with van der Waals surface area (Å²) in [7, 11) is 0. The van der Waals surface area contributed by atoms with Gasteiger partial charge in [0.2, 0.25) is 0 Å². The zero-order chi connectivity index (χ0) is 17.9. The van der Waals surface area contributed by atoms with Gasteiger partial charge in [0, 0.05) is 36.5 Å². The quantitative estimate of drug-likeness (QED) is 0.770. The van der Waals surface area contributed by atoms with Crippen LogP contribution in [0.25, 0.3) is 11.0 Å². The molecular weight excluding hydrogens is 350 g/mol. The normalized spacial score (nSPS) is 15.2. The molecule has 1 aliphatic heterocycles. The van der Waals surface area contributed by atoms with Crippen molar-refractivity contribution in [2.24, 2.45) is 0 Å². The molecule has 26 heavy (non-hydrogen) atoms. The molecule has 1 aliphatic rings. The molecule has 1 aromatic carbocycles. The molecule has 3 aromatic rings. The molecule has 1 N–H and O–H groups in total. The first-order chi connectivity index (χ1) is 12.7. The largest absolute Gasteiger partial charge is 0.355 e. The van der Waals surface area contributed by atoms with E-state index in [-0.39, 0.29) is 11.9 Å². The first-order valence-electron chi connectivity index (χ1n) is 8.57. The smallest absolute Gasteiger partial charge is 0.253 e. The number of nitrogens with one attached hydrogen (secondary N) is 1. The Morgan fingerprint density at radius 1 is 1.15 bits per heavy atom. The number of carbonyl (C=O) groups is 1. The third-order valence-corrected chi connectivity index (χ3v) is 4.80. The molecule has 4 rings (SSSR count). The summed E-state index contributed by atoms with van der Waals surface area (Å²) in [6.07, 6.45) is 6.76. The second-order valence-electron chi connectivity index (χ2n) is 6.34. The second-order valence-corrected chi connectivity index (χ2v) is 6.77. The predicted octanol–water partition coefficient (Wildman–Crippen LogP) is 3.08. The van der Waals surface area contributed by atoms with Crippen molar-refractivity contribution < 1.29 is 4.79 Å². The van der Waals surface area contributed by atoms with Gasteiger partial charge >= 0.3 is 0 Å². The number of halogens is 1. The maximum atomic E-state index is 12.2. The molecule has 0 saturated carbocycles. The van der Waals surface area contributed by atoms with E-state index in [0.29, 0.717) is 10.6 Å². The average Bonchev–Trinajstić information content (AvgIpc) is 2.69. The Labute approximate surface area is 156 Å². The molecule has 0 aliphatic carbocycles. The van der Waals surface area contributed by atoms with Gasteiger partial charge in [0.25, 0.3) is 5.91 Å².